The molecule has 0 saturated heterocycles. The third-order valence-electron chi connectivity index (χ3n) is 3.65. The van der Waals surface area contributed by atoms with Gasteiger partial charge in [-0.05, 0) is 48.0 Å². The van der Waals surface area contributed by atoms with E-state index in [9.17, 15) is 9.59 Å². The van der Waals surface area contributed by atoms with Gasteiger partial charge in [-0.15, -0.1) is 0 Å². The molecule has 0 fully saturated rings. The molecule has 0 atom stereocenters. The van der Waals surface area contributed by atoms with E-state index in [0.717, 1.165) is 5.56 Å². The lowest BCUT2D eigenvalue weighted by molar-refractivity contribution is -0.111. The molecule has 134 valence electrons. The fourth-order valence-corrected chi connectivity index (χ4v) is 2.47. The second kappa shape index (κ2) is 8.78. The maximum Gasteiger partial charge on any atom is 0.257 e. The van der Waals surface area contributed by atoms with Crippen LogP contribution in [0.5, 0.6) is 0 Å². The standard InChI is InChI=1S/C21H16ClN3O2/c22-16-10-7-15(8-11-16)9-12-20(26)25-19-6-2-1-5-18(19)21(27)24-17-4-3-13-23-14-17/h1-14H,(H,24,27)(H,25,26)/b12-9+. The van der Waals surface area contributed by atoms with Crippen molar-refractivity contribution in [2.24, 2.45) is 0 Å². The number of anilines is 2. The summed E-state index contributed by atoms with van der Waals surface area (Å²) in [6.07, 6.45) is 6.24. The summed E-state index contributed by atoms with van der Waals surface area (Å²) in [5.41, 5.74) is 2.20. The molecule has 2 aromatic carbocycles. The zero-order valence-electron chi connectivity index (χ0n) is 14.2. The van der Waals surface area contributed by atoms with Gasteiger partial charge in [0.1, 0.15) is 0 Å². The van der Waals surface area contributed by atoms with Gasteiger partial charge in [0.25, 0.3) is 5.91 Å². The Morgan fingerprint density at radius 1 is 0.926 bits per heavy atom. The summed E-state index contributed by atoms with van der Waals surface area (Å²) >= 11 is 5.84. The Morgan fingerprint density at radius 2 is 1.70 bits per heavy atom. The van der Waals surface area contributed by atoms with Crippen LogP contribution in [0.25, 0.3) is 6.08 Å². The van der Waals surface area contributed by atoms with Crippen molar-refractivity contribution in [1.82, 2.24) is 4.98 Å². The fourth-order valence-electron chi connectivity index (χ4n) is 2.35. The van der Waals surface area contributed by atoms with Gasteiger partial charge in [-0.2, -0.15) is 0 Å². The summed E-state index contributed by atoms with van der Waals surface area (Å²) in [6, 6.07) is 17.4. The van der Waals surface area contributed by atoms with E-state index >= 15 is 0 Å². The van der Waals surface area contributed by atoms with Gasteiger partial charge in [0, 0.05) is 17.3 Å². The number of nitrogens with zero attached hydrogens (tertiary/aromatic N) is 1. The van der Waals surface area contributed by atoms with Crippen LogP contribution in [0, 0.1) is 0 Å². The number of pyridine rings is 1. The Kier molecular flexibility index (Phi) is 5.97. The molecule has 6 heteroatoms. The molecule has 1 aromatic heterocycles. The molecule has 0 radical (unpaired) electrons. The van der Waals surface area contributed by atoms with Crippen molar-refractivity contribution in [3.05, 3.63) is 95.3 Å². The molecule has 0 unspecified atom stereocenters. The van der Waals surface area contributed by atoms with Crippen LogP contribution < -0.4 is 10.6 Å². The summed E-state index contributed by atoms with van der Waals surface area (Å²) in [7, 11) is 0. The monoisotopic (exact) mass is 377 g/mol. The van der Waals surface area contributed by atoms with E-state index in [4.69, 9.17) is 11.6 Å². The molecule has 27 heavy (non-hydrogen) atoms. The first kappa shape index (κ1) is 18.4. The van der Waals surface area contributed by atoms with Crippen LogP contribution in [-0.4, -0.2) is 16.8 Å². The lowest BCUT2D eigenvalue weighted by Gasteiger charge is -2.10. The van der Waals surface area contributed by atoms with Crippen LogP contribution in [0.15, 0.2) is 79.1 Å². The number of hydrogen-bond acceptors (Lipinski definition) is 3. The van der Waals surface area contributed by atoms with Gasteiger partial charge >= 0.3 is 0 Å². The number of halogens is 1. The van der Waals surface area contributed by atoms with E-state index in [1.165, 1.54) is 6.08 Å². The molecule has 0 bridgehead atoms. The molecule has 0 saturated carbocycles. The van der Waals surface area contributed by atoms with Gasteiger partial charge in [0.05, 0.1) is 23.1 Å². The minimum Gasteiger partial charge on any atom is -0.322 e. The largest absolute Gasteiger partial charge is 0.322 e. The SMILES string of the molecule is O=C(/C=C/c1ccc(Cl)cc1)Nc1ccccc1C(=O)Nc1cccnc1. The van der Waals surface area contributed by atoms with Crippen molar-refractivity contribution in [3.63, 3.8) is 0 Å². The first-order valence-electron chi connectivity index (χ1n) is 8.17. The summed E-state index contributed by atoms with van der Waals surface area (Å²) in [5.74, 6) is -0.674. The van der Waals surface area contributed by atoms with E-state index in [0.29, 0.717) is 22.0 Å². The molecule has 2 amide bonds. The number of carbonyl (C=O) groups excluding carboxylic acids is 2. The number of nitrogens with one attached hydrogen (secondary N) is 2. The van der Waals surface area contributed by atoms with Gasteiger partial charge in [0.15, 0.2) is 0 Å². The summed E-state index contributed by atoms with van der Waals surface area (Å²) in [4.78, 5) is 28.7. The third-order valence-corrected chi connectivity index (χ3v) is 3.90. The highest BCUT2D eigenvalue weighted by molar-refractivity contribution is 6.30. The molecular formula is C21H16ClN3O2. The molecule has 0 aliphatic rings. The van der Waals surface area contributed by atoms with Crippen LogP contribution >= 0.6 is 11.6 Å². The summed E-state index contributed by atoms with van der Waals surface area (Å²) in [6.45, 7) is 0. The molecule has 3 rings (SSSR count). The van der Waals surface area contributed by atoms with Crippen LogP contribution in [0.1, 0.15) is 15.9 Å². The average Bonchev–Trinajstić information content (AvgIpc) is 2.69. The number of rotatable bonds is 5. The van der Waals surface area contributed by atoms with E-state index < -0.39 is 0 Å². The Labute approximate surface area is 161 Å². The van der Waals surface area contributed by atoms with Crippen molar-refractivity contribution >= 4 is 40.9 Å². The molecule has 3 aromatic rings. The average molecular weight is 378 g/mol. The smallest absolute Gasteiger partial charge is 0.257 e. The van der Waals surface area contributed by atoms with Crippen LogP contribution in [0.4, 0.5) is 11.4 Å². The van der Waals surface area contributed by atoms with Crippen LogP contribution in [0.3, 0.4) is 0 Å². The highest BCUT2D eigenvalue weighted by Crippen LogP contribution is 2.17. The molecule has 0 spiro atoms. The lowest BCUT2D eigenvalue weighted by atomic mass is 10.1. The van der Waals surface area contributed by atoms with E-state index in [2.05, 4.69) is 15.6 Å². The molecule has 0 aliphatic heterocycles. The Morgan fingerprint density at radius 3 is 2.44 bits per heavy atom. The number of aromatic nitrogens is 1. The normalized spacial score (nSPS) is 10.6. The molecule has 2 N–H and O–H groups in total. The van der Waals surface area contributed by atoms with Crippen molar-refractivity contribution in [2.75, 3.05) is 10.6 Å². The Bertz CT molecular complexity index is 970. The van der Waals surface area contributed by atoms with Gasteiger partial charge < -0.3 is 10.6 Å². The quantitative estimate of drug-likeness (QED) is 0.636. The Balaban J connectivity index is 1.70. The highest BCUT2D eigenvalue weighted by Gasteiger charge is 2.12. The first-order chi connectivity index (χ1) is 13.1. The minimum atomic E-state index is -0.341. The number of benzene rings is 2. The highest BCUT2D eigenvalue weighted by atomic mass is 35.5. The van der Waals surface area contributed by atoms with Crippen molar-refractivity contribution in [1.29, 1.82) is 0 Å². The van der Waals surface area contributed by atoms with E-state index in [1.807, 2.05) is 0 Å². The predicted molar refractivity (Wildman–Crippen MR) is 108 cm³/mol. The zero-order valence-corrected chi connectivity index (χ0v) is 15.0. The lowest BCUT2D eigenvalue weighted by Crippen LogP contribution is -2.17. The van der Waals surface area contributed by atoms with E-state index in [1.54, 1.807) is 79.1 Å². The molecule has 1 heterocycles. The van der Waals surface area contributed by atoms with Gasteiger partial charge in [-0.3, -0.25) is 14.6 Å². The van der Waals surface area contributed by atoms with Gasteiger partial charge in [-0.1, -0.05) is 35.9 Å². The maximum absolute atomic E-state index is 12.5. The number of carbonyl (C=O) groups is 2. The number of amides is 2. The van der Waals surface area contributed by atoms with Crippen molar-refractivity contribution in [3.8, 4) is 0 Å². The molecule has 0 aliphatic carbocycles. The van der Waals surface area contributed by atoms with E-state index in [-0.39, 0.29) is 11.8 Å². The first-order valence-corrected chi connectivity index (χ1v) is 8.55. The van der Waals surface area contributed by atoms with Crippen LogP contribution in [-0.2, 0) is 4.79 Å². The van der Waals surface area contributed by atoms with Crippen molar-refractivity contribution < 1.29 is 9.59 Å². The summed E-state index contributed by atoms with van der Waals surface area (Å²) in [5, 5.41) is 6.11. The minimum absolute atomic E-state index is 0.333. The van der Waals surface area contributed by atoms with Crippen LogP contribution in [0.2, 0.25) is 5.02 Å². The Hall–Kier alpha value is -3.44. The van der Waals surface area contributed by atoms with Gasteiger partial charge in [0.2, 0.25) is 5.91 Å². The predicted octanol–water partition coefficient (Wildman–Crippen LogP) is 4.64. The molecular weight excluding hydrogens is 362 g/mol. The third kappa shape index (κ3) is 5.26. The summed E-state index contributed by atoms with van der Waals surface area (Å²) < 4.78 is 0. The fraction of sp³-hybridized carbons (Fsp3) is 0. The molecule has 5 nitrogen and oxygen atoms in total. The van der Waals surface area contributed by atoms with Gasteiger partial charge in [-0.25, -0.2) is 0 Å². The second-order valence-corrected chi connectivity index (χ2v) is 6.05. The zero-order chi connectivity index (χ0) is 19.1. The maximum atomic E-state index is 12.5. The number of hydrogen-bond donors (Lipinski definition) is 2. The van der Waals surface area contributed by atoms with Crippen molar-refractivity contribution in [2.45, 2.75) is 0 Å². The number of para-hydroxylation sites is 1. The second-order valence-electron chi connectivity index (χ2n) is 5.62. The topological polar surface area (TPSA) is 71.1 Å².